The molecular formula is C21H20N2O4S. The van der Waals surface area contributed by atoms with E-state index in [0.29, 0.717) is 16.9 Å². The van der Waals surface area contributed by atoms with Crippen molar-refractivity contribution >= 4 is 27.3 Å². The van der Waals surface area contributed by atoms with Gasteiger partial charge in [0, 0.05) is 23.0 Å². The summed E-state index contributed by atoms with van der Waals surface area (Å²) in [6.07, 6.45) is 0. The molecule has 0 unspecified atom stereocenters. The van der Waals surface area contributed by atoms with Gasteiger partial charge in [-0.05, 0) is 55.8 Å². The van der Waals surface area contributed by atoms with Gasteiger partial charge in [-0.15, -0.1) is 0 Å². The number of sulfonamides is 1. The van der Waals surface area contributed by atoms with Gasteiger partial charge in [0.25, 0.3) is 15.9 Å². The van der Waals surface area contributed by atoms with Gasteiger partial charge in [0.1, 0.15) is 5.75 Å². The number of aromatic hydroxyl groups is 1. The molecule has 3 rings (SSSR count). The molecule has 0 bridgehead atoms. The maximum Gasteiger partial charge on any atom is 0.261 e. The molecule has 0 aliphatic carbocycles. The molecule has 3 N–H and O–H groups in total. The van der Waals surface area contributed by atoms with Crippen LogP contribution in [0.4, 0.5) is 11.4 Å². The number of benzene rings is 3. The number of hydrogen-bond donors (Lipinski definition) is 3. The SMILES string of the molecule is Cc1ccc(NS(=O)(=O)c2ccc(C)c(C(=O)Nc3cccc(O)c3)c2)cc1. The predicted molar refractivity (Wildman–Crippen MR) is 109 cm³/mol. The van der Waals surface area contributed by atoms with Crippen LogP contribution in [0.3, 0.4) is 0 Å². The van der Waals surface area contributed by atoms with Crippen LogP contribution >= 0.6 is 0 Å². The van der Waals surface area contributed by atoms with Crippen LogP contribution in [0.25, 0.3) is 0 Å². The van der Waals surface area contributed by atoms with Gasteiger partial charge in [0.2, 0.25) is 0 Å². The average molecular weight is 396 g/mol. The van der Waals surface area contributed by atoms with Crippen LogP contribution in [0.15, 0.2) is 71.6 Å². The van der Waals surface area contributed by atoms with E-state index in [4.69, 9.17) is 0 Å². The van der Waals surface area contributed by atoms with E-state index in [1.807, 2.05) is 6.92 Å². The van der Waals surface area contributed by atoms with Crippen LogP contribution in [0.2, 0.25) is 0 Å². The lowest BCUT2D eigenvalue weighted by Crippen LogP contribution is -2.17. The Hall–Kier alpha value is -3.32. The summed E-state index contributed by atoms with van der Waals surface area (Å²) in [4.78, 5) is 12.6. The van der Waals surface area contributed by atoms with Gasteiger partial charge in [-0.25, -0.2) is 8.42 Å². The highest BCUT2D eigenvalue weighted by Crippen LogP contribution is 2.22. The molecule has 0 aliphatic heterocycles. The Kier molecular flexibility index (Phi) is 5.37. The van der Waals surface area contributed by atoms with Crippen LogP contribution in [-0.4, -0.2) is 19.4 Å². The maximum atomic E-state index is 12.7. The molecule has 0 aliphatic rings. The topological polar surface area (TPSA) is 95.5 Å². The van der Waals surface area contributed by atoms with Crippen molar-refractivity contribution in [3.05, 3.63) is 83.4 Å². The first-order valence-electron chi connectivity index (χ1n) is 8.55. The summed E-state index contributed by atoms with van der Waals surface area (Å²) in [5.74, 6) is -0.441. The van der Waals surface area contributed by atoms with Crippen molar-refractivity contribution in [2.45, 2.75) is 18.7 Å². The van der Waals surface area contributed by atoms with Crippen molar-refractivity contribution in [3.63, 3.8) is 0 Å². The van der Waals surface area contributed by atoms with Crippen molar-refractivity contribution in [1.82, 2.24) is 0 Å². The first-order valence-corrected chi connectivity index (χ1v) is 10.0. The Bertz CT molecular complexity index is 1120. The highest BCUT2D eigenvalue weighted by molar-refractivity contribution is 7.92. The zero-order chi connectivity index (χ0) is 20.3. The van der Waals surface area contributed by atoms with E-state index in [1.165, 1.54) is 24.3 Å². The molecule has 0 heterocycles. The molecular weight excluding hydrogens is 376 g/mol. The molecule has 28 heavy (non-hydrogen) atoms. The second-order valence-electron chi connectivity index (χ2n) is 6.45. The zero-order valence-electron chi connectivity index (χ0n) is 15.4. The normalized spacial score (nSPS) is 11.1. The number of rotatable bonds is 5. The third-order valence-corrected chi connectivity index (χ3v) is 5.55. The highest BCUT2D eigenvalue weighted by atomic mass is 32.2. The summed E-state index contributed by atoms with van der Waals surface area (Å²) < 4.78 is 27.9. The van der Waals surface area contributed by atoms with Crippen molar-refractivity contribution in [2.75, 3.05) is 10.0 Å². The number of aryl methyl sites for hydroxylation is 2. The molecule has 0 fully saturated rings. The first kappa shape index (κ1) is 19.4. The number of phenols is 1. The minimum absolute atomic E-state index is 0.0141. The number of amides is 1. The fraction of sp³-hybridized carbons (Fsp3) is 0.0952. The quantitative estimate of drug-likeness (QED) is 0.606. The lowest BCUT2D eigenvalue weighted by molar-refractivity contribution is 0.102. The van der Waals surface area contributed by atoms with Gasteiger partial charge in [0.15, 0.2) is 0 Å². The van der Waals surface area contributed by atoms with Crippen LogP contribution in [0, 0.1) is 13.8 Å². The standard InChI is InChI=1S/C21H20N2O4S/c1-14-6-9-16(10-7-14)23-28(26,27)19-11-8-15(2)20(13-19)21(25)22-17-4-3-5-18(24)12-17/h3-13,23-24H,1-2H3,(H,22,25). The first-order chi connectivity index (χ1) is 13.2. The van der Waals surface area contributed by atoms with E-state index < -0.39 is 15.9 Å². The third kappa shape index (κ3) is 4.50. The third-order valence-electron chi connectivity index (χ3n) is 4.17. The molecule has 1 amide bonds. The van der Waals surface area contributed by atoms with Crippen LogP contribution in [0.5, 0.6) is 5.75 Å². The second kappa shape index (κ2) is 7.74. The van der Waals surface area contributed by atoms with Crippen LogP contribution in [0.1, 0.15) is 21.5 Å². The highest BCUT2D eigenvalue weighted by Gasteiger charge is 2.18. The van der Waals surface area contributed by atoms with Crippen molar-refractivity contribution in [1.29, 1.82) is 0 Å². The van der Waals surface area contributed by atoms with E-state index >= 15 is 0 Å². The van der Waals surface area contributed by atoms with Crippen LogP contribution < -0.4 is 10.0 Å². The summed E-state index contributed by atoms with van der Waals surface area (Å²) in [7, 11) is -3.85. The van der Waals surface area contributed by atoms with E-state index in [1.54, 1.807) is 49.4 Å². The summed E-state index contributed by atoms with van der Waals surface area (Å²) >= 11 is 0. The number of hydrogen-bond acceptors (Lipinski definition) is 4. The molecule has 0 spiro atoms. The summed E-state index contributed by atoms with van der Waals surface area (Å²) in [5.41, 5.74) is 2.73. The zero-order valence-corrected chi connectivity index (χ0v) is 16.2. The Morgan fingerprint density at radius 1 is 0.893 bits per heavy atom. The Balaban J connectivity index is 1.87. The molecule has 0 aromatic heterocycles. The molecule has 0 saturated heterocycles. The van der Waals surface area contributed by atoms with Gasteiger partial charge >= 0.3 is 0 Å². The number of phenolic OH excluding ortho intramolecular Hbond substituents is 1. The second-order valence-corrected chi connectivity index (χ2v) is 8.14. The molecule has 0 saturated carbocycles. The lowest BCUT2D eigenvalue weighted by Gasteiger charge is -2.12. The van der Waals surface area contributed by atoms with Crippen LogP contribution in [-0.2, 0) is 10.0 Å². The van der Waals surface area contributed by atoms with E-state index in [-0.39, 0.29) is 16.2 Å². The lowest BCUT2D eigenvalue weighted by atomic mass is 10.1. The van der Waals surface area contributed by atoms with Gasteiger partial charge in [-0.3, -0.25) is 9.52 Å². The van der Waals surface area contributed by atoms with Gasteiger partial charge < -0.3 is 10.4 Å². The predicted octanol–water partition coefficient (Wildman–Crippen LogP) is 4.06. The molecule has 3 aromatic rings. The molecule has 6 nitrogen and oxygen atoms in total. The fourth-order valence-electron chi connectivity index (χ4n) is 2.63. The monoisotopic (exact) mass is 396 g/mol. The number of nitrogens with one attached hydrogen (secondary N) is 2. The van der Waals surface area contributed by atoms with Crippen molar-refractivity contribution in [3.8, 4) is 5.75 Å². The van der Waals surface area contributed by atoms with Gasteiger partial charge in [-0.1, -0.05) is 29.8 Å². The molecule has 144 valence electrons. The van der Waals surface area contributed by atoms with Crippen molar-refractivity contribution in [2.24, 2.45) is 0 Å². The van der Waals surface area contributed by atoms with Gasteiger partial charge in [0.05, 0.1) is 4.90 Å². The Morgan fingerprint density at radius 2 is 1.61 bits per heavy atom. The Labute approximate surface area is 163 Å². The summed E-state index contributed by atoms with van der Waals surface area (Å²) in [6.45, 7) is 3.64. The molecule has 3 aromatic carbocycles. The minimum Gasteiger partial charge on any atom is -0.508 e. The molecule has 0 radical (unpaired) electrons. The summed E-state index contributed by atoms with van der Waals surface area (Å²) in [6, 6.07) is 17.5. The number of carbonyl (C=O) groups is 1. The summed E-state index contributed by atoms with van der Waals surface area (Å²) in [5, 5.41) is 12.2. The van der Waals surface area contributed by atoms with Crippen molar-refractivity contribution < 1.29 is 18.3 Å². The average Bonchev–Trinajstić information content (AvgIpc) is 2.63. The minimum atomic E-state index is -3.85. The molecule has 0 atom stereocenters. The number of carbonyl (C=O) groups excluding carboxylic acids is 1. The van der Waals surface area contributed by atoms with Gasteiger partial charge in [-0.2, -0.15) is 0 Å². The number of anilines is 2. The van der Waals surface area contributed by atoms with E-state index in [0.717, 1.165) is 5.56 Å². The Morgan fingerprint density at radius 3 is 2.29 bits per heavy atom. The maximum absolute atomic E-state index is 12.7. The largest absolute Gasteiger partial charge is 0.508 e. The fourth-order valence-corrected chi connectivity index (χ4v) is 3.72. The van der Waals surface area contributed by atoms with E-state index in [2.05, 4.69) is 10.0 Å². The molecule has 7 heteroatoms. The van der Waals surface area contributed by atoms with E-state index in [9.17, 15) is 18.3 Å². The smallest absolute Gasteiger partial charge is 0.261 e.